The van der Waals surface area contributed by atoms with Crippen molar-refractivity contribution >= 4 is 17.3 Å². The quantitative estimate of drug-likeness (QED) is 0.739. The molecule has 1 aromatic rings. The first-order valence-electron chi connectivity index (χ1n) is 6.91. The van der Waals surface area contributed by atoms with Gasteiger partial charge >= 0.3 is 0 Å². The fraction of sp³-hybridized carbons (Fsp3) is 0.600. The van der Waals surface area contributed by atoms with Gasteiger partial charge in [-0.1, -0.05) is 43.9 Å². The molecule has 2 unspecified atom stereocenters. The van der Waals surface area contributed by atoms with Gasteiger partial charge in [-0.25, -0.2) is 4.39 Å². The van der Waals surface area contributed by atoms with Crippen molar-refractivity contribution in [3.8, 4) is 0 Å². The number of rotatable bonds is 3. The minimum Gasteiger partial charge on any atom is -0.380 e. The zero-order valence-electron chi connectivity index (χ0n) is 10.9. The molecule has 1 aromatic carbocycles. The summed E-state index contributed by atoms with van der Waals surface area (Å²) >= 11 is 5.79. The van der Waals surface area contributed by atoms with Crippen LogP contribution in [0.1, 0.15) is 45.4 Å². The van der Waals surface area contributed by atoms with E-state index >= 15 is 0 Å². The first-order valence-corrected chi connectivity index (χ1v) is 7.29. The molecule has 0 heterocycles. The Hall–Kier alpha value is -0.760. The van der Waals surface area contributed by atoms with Crippen molar-refractivity contribution < 1.29 is 4.39 Å². The van der Waals surface area contributed by atoms with Gasteiger partial charge in [0.1, 0.15) is 0 Å². The lowest BCUT2D eigenvalue weighted by Crippen LogP contribution is -2.19. The maximum atomic E-state index is 13.8. The maximum absolute atomic E-state index is 13.8. The number of benzene rings is 1. The van der Waals surface area contributed by atoms with Gasteiger partial charge in [0, 0.05) is 6.04 Å². The third kappa shape index (κ3) is 3.38. The molecule has 0 saturated heterocycles. The van der Waals surface area contributed by atoms with Gasteiger partial charge in [-0.15, -0.1) is 0 Å². The van der Waals surface area contributed by atoms with Crippen molar-refractivity contribution in [3.05, 3.63) is 29.0 Å². The lowest BCUT2D eigenvalue weighted by atomic mass is 9.98. The van der Waals surface area contributed by atoms with E-state index in [1.807, 2.05) is 0 Å². The number of nitrogens with one attached hydrogen (secondary N) is 1. The lowest BCUT2D eigenvalue weighted by Gasteiger charge is -2.18. The minimum atomic E-state index is -0.324. The molecule has 1 aliphatic carbocycles. The number of anilines is 1. The first kappa shape index (κ1) is 13.7. The predicted octanol–water partition coefficient (Wildman–Crippen LogP) is 5.25. The van der Waals surface area contributed by atoms with Crippen LogP contribution in [0.3, 0.4) is 0 Å². The van der Waals surface area contributed by atoms with E-state index in [4.69, 9.17) is 11.6 Å². The predicted molar refractivity (Wildman–Crippen MR) is 75.7 cm³/mol. The van der Waals surface area contributed by atoms with Crippen LogP contribution in [0.4, 0.5) is 10.1 Å². The van der Waals surface area contributed by atoms with Crippen molar-refractivity contribution in [2.24, 2.45) is 5.92 Å². The van der Waals surface area contributed by atoms with Crippen LogP contribution in [-0.4, -0.2) is 6.04 Å². The molecule has 3 heteroatoms. The standard InChI is InChI=1S/C15H21ClFN/c1-2-11-5-3-6-12(10-9-11)18-14-8-4-7-13(16)15(14)17/h4,7-8,11-12,18H,2-3,5-6,9-10H2,1H3. The van der Waals surface area contributed by atoms with Gasteiger partial charge in [0.05, 0.1) is 10.7 Å². The molecule has 0 aromatic heterocycles. The van der Waals surface area contributed by atoms with Crippen molar-refractivity contribution in [3.63, 3.8) is 0 Å². The Morgan fingerprint density at radius 3 is 2.89 bits per heavy atom. The molecular weight excluding hydrogens is 249 g/mol. The van der Waals surface area contributed by atoms with Crippen LogP contribution < -0.4 is 5.32 Å². The van der Waals surface area contributed by atoms with Crippen LogP contribution in [0.2, 0.25) is 5.02 Å². The van der Waals surface area contributed by atoms with Crippen molar-refractivity contribution in [1.29, 1.82) is 0 Å². The molecule has 1 fully saturated rings. The molecule has 0 radical (unpaired) electrons. The monoisotopic (exact) mass is 269 g/mol. The summed E-state index contributed by atoms with van der Waals surface area (Å²) in [4.78, 5) is 0. The highest BCUT2D eigenvalue weighted by molar-refractivity contribution is 6.31. The molecular formula is C15H21ClFN. The Kier molecular flexibility index (Phi) is 4.87. The van der Waals surface area contributed by atoms with E-state index < -0.39 is 0 Å². The Morgan fingerprint density at radius 1 is 1.28 bits per heavy atom. The van der Waals surface area contributed by atoms with Gasteiger partial charge < -0.3 is 5.32 Å². The molecule has 2 rings (SSSR count). The summed E-state index contributed by atoms with van der Waals surface area (Å²) in [7, 11) is 0. The van der Waals surface area contributed by atoms with Gasteiger partial charge in [0.2, 0.25) is 0 Å². The van der Waals surface area contributed by atoms with E-state index in [0.29, 0.717) is 11.7 Å². The average Bonchev–Trinajstić information content (AvgIpc) is 2.60. The summed E-state index contributed by atoms with van der Waals surface area (Å²) < 4.78 is 13.8. The maximum Gasteiger partial charge on any atom is 0.164 e. The Morgan fingerprint density at radius 2 is 2.11 bits per heavy atom. The summed E-state index contributed by atoms with van der Waals surface area (Å²) in [6.45, 7) is 2.26. The van der Waals surface area contributed by atoms with Crippen LogP contribution >= 0.6 is 11.6 Å². The molecule has 1 N–H and O–H groups in total. The fourth-order valence-electron chi connectivity index (χ4n) is 2.77. The molecule has 0 spiro atoms. The van der Waals surface area contributed by atoms with Gasteiger partial charge in [-0.05, 0) is 37.3 Å². The summed E-state index contributed by atoms with van der Waals surface area (Å²) in [5, 5.41) is 3.51. The van der Waals surface area contributed by atoms with Crippen LogP contribution in [-0.2, 0) is 0 Å². The molecule has 100 valence electrons. The van der Waals surface area contributed by atoms with Crippen LogP contribution in [0.15, 0.2) is 18.2 Å². The number of halogens is 2. The Labute approximate surface area is 114 Å². The SMILES string of the molecule is CCC1CCCC(Nc2cccc(Cl)c2F)CC1. The molecule has 0 amide bonds. The molecule has 1 saturated carbocycles. The van der Waals surface area contributed by atoms with Crippen LogP contribution in [0.5, 0.6) is 0 Å². The van der Waals surface area contributed by atoms with E-state index in [1.54, 1.807) is 18.2 Å². The number of hydrogen-bond acceptors (Lipinski definition) is 1. The smallest absolute Gasteiger partial charge is 0.164 e. The van der Waals surface area contributed by atoms with Gasteiger partial charge in [0.25, 0.3) is 0 Å². The van der Waals surface area contributed by atoms with Crippen LogP contribution in [0, 0.1) is 11.7 Å². The third-order valence-corrected chi connectivity index (χ3v) is 4.27. The molecule has 1 nitrogen and oxygen atoms in total. The van der Waals surface area contributed by atoms with E-state index in [0.717, 1.165) is 18.8 Å². The third-order valence-electron chi connectivity index (χ3n) is 3.98. The highest BCUT2D eigenvalue weighted by atomic mass is 35.5. The van der Waals surface area contributed by atoms with E-state index in [9.17, 15) is 4.39 Å². The molecule has 0 bridgehead atoms. The summed E-state index contributed by atoms with van der Waals surface area (Å²) in [6, 6.07) is 5.53. The van der Waals surface area contributed by atoms with Gasteiger partial charge in [-0.2, -0.15) is 0 Å². The normalized spacial score (nSPS) is 24.6. The fourth-order valence-corrected chi connectivity index (χ4v) is 2.94. The van der Waals surface area contributed by atoms with Crippen molar-refractivity contribution in [1.82, 2.24) is 0 Å². The van der Waals surface area contributed by atoms with E-state index in [2.05, 4.69) is 12.2 Å². The zero-order chi connectivity index (χ0) is 13.0. The summed E-state index contributed by atoms with van der Waals surface area (Å²) in [5.41, 5.74) is 0.544. The molecule has 2 atom stereocenters. The molecule has 18 heavy (non-hydrogen) atoms. The highest BCUT2D eigenvalue weighted by Gasteiger charge is 2.18. The van der Waals surface area contributed by atoms with Crippen LogP contribution in [0.25, 0.3) is 0 Å². The topological polar surface area (TPSA) is 12.0 Å². The highest BCUT2D eigenvalue weighted by Crippen LogP contribution is 2.29. The minimum absolute atomic E-state index is 0.194. The van der Waals surface area contributed by atoms with Gasteiger partial charge in [-0.3, -0.25) is 0 Å². The van der Waals surface area contributed by atoms with Gasteiger partial charge in [0.15, 0.2) is 5.82 Å². The second-order valence-corrected chi connectivity index (χ2v) is 5.63. The summed E-state index contributed by atoms with van der Waals surface area (Å²) in [6.07, 6.45) is 7.31. The second-order valence-electron chi connectivity index (χ2n) is 5.23. The molecule has 1 aliphatic rings. The van der Waals surface area contributed by atoms with Crippen molar-refractivity contribution in [2.75, 3.05) is 5.32 Å². The lowest BCUT2D eigenvalue weighted by molar-refractivity contribution is 0.444. The molecule has 0 aliphatic heterocycles. The second kappa shape index (κ2) is 6.42. The number of hydrogen-bond donors (Lipinski definition) is 1. The summed E-state index contributed by atoms with van der Waals surface area (Å²) in [5.74, 6) is 0.525. The Balaban J connectivity index is 1.99. The first-order chi connectivity index (χ1) is 8.70. The van der Waals surface area contributed by atoms with E-state index in [-0.39, 0.29) is 10.8 Å². The Bertz CT molecular complexity index is 394. The van der Waals surface area contributed by atoms with Crippen molar-refractivity contribution in [2.45, 2.75) is 51.5 Å². The average molecular weight is 270 g/mol. The largest absolute Gasteiger partial charge is 0.380 e. The zero-order valence-corrected chi connectivity index (χ0v) is 11.6. The van der Waals surface area contributed by atoms with E-state index in [1.165, 1.54) is 25.7 Å².